The van der Waals surface area contributed by atoms with Crippen LogP contribution >= 0.6 is 11.3 Å². The van der Waals surface area contributed by atoms with Crippen molar-refractivity contribution in [3.63, 3.8) is 0 Å². The Bertz CT molecular complexity index is 819. The number of ether oxygens (including phenoxy) is 1. The molecule has 0 atom stereocenters. The minimum atomic E-state index is -2.93. The van der Waals surface area contributed by atoms with Gasteiger partial charge < -0.3 is 15.4 Å². The Morgan fingerprint density at radius 3 is 2.64 bits per heavy atom. The fraction of sp³-hybridized carbons (Fsp3) is 0.421. The van der Waals surface area contributed by atoms with Crippen LogP contribution in [0, 0.1) is 5.41 Å². The van der Waals surface area contributed by atoms with Crippen LogP contribution in [0.2, 0.25) is 0 Å². The molecule has 0 radical (unpaired) electrons. The summed E-state index contributed by atoms with van der Waals surface area (Å²) >= 11 is 1.19. The second-order valence-electron chi connectivity index (χ2n) is 7.07. The molecular weight excluding hydrogens is 388 g/mol. The highest BCUT2D eigenvalue weighted by Crippen LogP contribution is 2.33. The summed E-state index contributed by atoms with van der Waals surface area (Å²) in [5, 5.41) is 7.49. The summed E-state index contributed by atoms with van der Waals surface area (Å²) in [5.74, 6) is -0.277. The molecule has 1 heterocycles. The minimum absolute atomic E-state index is 0.0234. The van der Waals surface area contributed by atoms with Crippen LogP contribution < -0.4 is 15.4 Å². The largest absolute Gasteiger partial charge is 0.434 e. The van der Waals surface area contributed by atoms with Gasteiger partial charge in [-0.2, -0.15) is 8.78 Å². The molecule has 0 saturated carbocycles. The number of hydrogen-bond acceptors (Lipinski definition) is 5. The summed E-state index contributed by atoms with van der Waals surface area (Å²) in [7, 11) is 0. The topological polar surface area (TPSA) is 80.3 Å². The molecular formula is C19H23F2N3O3S. The number of alkyl halides is 2. The van der Waals surface area contributed by atoms with Crippen molar-refractivity contribution in [2.24, 2.45) is 5.41 Å². The molecule has 2 aromatic rings. The van der Waals surface area contributed by atoms with Crippen LogP contribution in [0.5, 0.6) is 5.75 Å². The lowest BCUT2D eigenvalue weighted by molar-refractivity contribution is -0.128. The number of aromatic nitrogens is 1. The van der Waals surface area contributed by atoms with Crippen molar-refractivity contribution < 1.29 is 23.1 Å². The molecule has 1 aromatic carbocycles. The highest BCUT2D eigenvalue weighted by Gasteiger charge is 2.20. The molecule has 0 fully saturated rings. The summed E-state index contributed by atoms with van der Waals surface area (Å²) < 4.78 is 29.6. The molecule has 0 saturated heterocycles. The van der Waals surface area contributed by atoms with Crippen LogP contribution in [0.15, 0.2) is 29.6 Å². The molecule has 2 amide bonds. The number of thiazole rings is 1. The van der Waals surface area contributed by atoms with Gasteiger partial charge in [0.05, 0.1) is 5.69 Å². The SMILES string of the molecule is CC(C)(C)C(=O)NCCCC(=O)Nc1nc(-c2ccccc2OC(F)F)cs1. The molecule has 2 N–H and O–H groups in total. The molecule has 0 bridgehead atoms. The quantitative estimate of drug-likeness (QED) is 0.635. The smallest absolute Gasteiger partial charge is 0.387 e. The van der Waals surface area contributed by atoms with E-state index in [-0.39, 0.29) is 24.0 Å². The maximum absolute atomic E-state index is 12.5. The van der Waals surface area contributed by atoms with Gasteiger partial charge in [-0.3, -0.25) is 9.59 Å². The van der Waals surface area contributed by atoms with Gasteiger partial charge in [0.15, 0.2) is 5.13 Å². The van der Waals surface area contributed by atoms with E-state index in [0.29, 0.717) is 29.4 Å². The van der Waals surface area contributed by atoms with E-state index in [1.165, 1.54) is 17.4 Å². The third-order valence-electron chi connectivity index (χ3n) is 3.68. The normalized spacial score (nSPS) is 11.4. The van der Waals surface area contributed by atoms with Gasteiger partial charge in [0, 0.05) is 29.3 Å². The molecule has 1 aromatic heterocycles. The number of anilines is 1. The number of hydrogen-bond donors (Lipinski definition) is 2. The number of nitrogens with one attached hydrogen (secondary N) is 2. The average Bonchev–Trinajstić information content (AvgIpc) is 3.05. The molecule has 28 heavy (non-hydrogen) atoms. The first-order chi connectivity index (χ1) is 13.2. The van der Waals surface area contributed by atoms with Gasteiger partial charge >= 0.3 is 6.61 Å². The van der Waals surface area contributed by atoms with Crippen LogP contribution in [0.1, 0.15) is 33.6 Å². The number of rotatable bonds is 8. The molecule has 0 aliphatic heterocycles. The Balaban J connectivity index is 1.88. The Kier molecular flexibility index (Phi) is 7.45. The predicted octanol–water partition coefficient (Wildman–Crippen LogP) is 4.29. The Labute approximate surface area is 166 Å². The van der Waals surface area contributed by atoms with Gasteiger partial charge in [-0.25, -0.2) is 4.98 Å². The second-order valence-corrected chi connectivity index (χ2v) is 7.93. The summed E-state index contributed by atoms with van der Waals surface area (Å²) in [6.07, 6.45) is 0.724. The van der Waals surface area contributed by atoms with Gasteiger partial charge in [0.25, 0.3) is 0 Å². The number of benzene rings is 1. The van der Waals surface area contributed by atoms with E-state index in [1.807, 2.05) is 20.8 Å². The second kappa shape index (κ2) is 9.59. The number of carbonyl (C=O) groups is 2. The fourth-order valence-corrected chi connectivity index (χ4v) is 2.96. The van der Waals surface area contributed by atoms with Gasteiger partial charge in [0.2, 0.25) is 11.8 Å². The maximum atomic E-state index is 12.5. The summed E-state index contributed by atoms with van der Waals surface area (Å²) in [6, 6.07) is 6.34. The van der Waals surface area contributed by atoms with Crippen molar-refractivity contribution >= 4 is 28.3 Å². The monoisotopic (exact) mass is 411 g/mol. The van der Waals surface area contributed by atoms with E-state index in [9.17, 15) is 18.4 Å². The first kappa shape index (κ1) is 21.7. The number of amides is 2. The third kappa shape index (κ3) is 6.56. The van der Waals surface area contributed by atoms with Crippen LogP contribution in [0.4, 0.5) is 13.9 Å². The van der Waals surface area contributed by atoms with E-state index in [1.54, 1.807) is 23.6 Å². The van der Waals surface area contributed by atoms with Crippen molar-refractivity contribution in [3.05, 3.63) is 29.6 Å². The number of halogens is 2. The Hall–Kier alpha value is -2.55. The lowest BCUT2D eigenvalue weighted by atomic mass is 9.96. The van der Waals surface area contributed by atoms with Crippen LogP contribution in [-0.4, -0.2) is 30.0 Å². The maximum Gasteiger partial charge on any atom is 0.387 e. The van der Waals surface area contributed by atoms with Crippen molar-refractivity contribution in [1.29, 1.82) is 0 Å². The van der Waals surface area contributed by atoms with E-state index >= 15 is 0 Å². The van der Waals surface area contributed by atoms with E-state index in [0.717, 1.165) is 0 Å². The lowest BCUT2D eigenvalue weighted by Crippen LogP contribution is -2.35. The van der Waals surface area contributed by atoms with Crippen molar-refractivity contribution in [1.82, 2.24) is 10.3 Å². The highest BCUT2D eigenvalue weighted by molar-refractivity contribution is 7.14. The van der Waals surface area contributed by atoms with Gasteiger partial charge in [-0.15, -0.1) is 11.3 Å². The first-order valence-corrected chi connectivity index (χ1v) is 9.62. The Morgan fingerprint density at radius 2 is 1.96 bits per heavy atom. The average molecular weight is 411 g/mol. The third-order valence-corrected chi connectivity index (χ3v) is 4.43. The summed E-state index contributed by atoms with van der Waals surface area (Å²) in [5.41, 5.74) is 0.391. The summed E-state index contributed by atoms with van der Waals surface area (Å²) in [4.78, 5) is 28.1. The molecule has 152 valence electrons. The first-order valence-electron chi connectivity index (χ1n) is 8.74. The molecule has 0 aliphatic rings. The Morgan fingerprint density at radius 1 is 1.25 bits per heavy atom. The minimum Gasteiger partial charge on any atom is -0.434 e. The predicted molar refractivity (Wildman–Crippen MR) is 105 cm³/mol. The standard InChI is InChI=1S/C19H23F2N3O3S/c1-19(2,3)16(26)22-10-6-9-15(25)24-18-23-13(11-28-18)12-7-4-5-8-14(12)27-17(20)21/h4-5,7-8,11,17H,6,9-10H2,1-3H3,(H,22,26)(H,23,24,25). The zero-order valence-electron chi connectivity index (χ0n) is 15.9. The van der Waals surface area contributed by atoms with Crippen molar-refractivity contribution in [2.75, 3.05) is 11.9 Å². The van der Waals surface area contributed by atoms with E-state index < -0.39 is 12.0 Å². The molecule has 0 aliphatic carbocycles. The molecule has 0 spiro atoms. The van der Waals surface area contributed by atoms with E-state index in [4.69, 9.17) is 0 Å². The zero-order valence-corrected chi connectivity index (χ0v) is 16.7. The molecule has 2 rings (SSSR count). The van der Waals surface area contributed by atoms with Gasteiger partial charge in [-0.05, 0) is 18.6 Å². The van der Waals surface area contributed by atoms with Crippen molar-refractivity contribution in [2.45, 2.75) is 40.2 Å². The molecule has 9 heteroatoms. The fourth-order valence-electron chi connectivity index (χ4n) is 2.23. The molecule has 6 nitrogen and oxygen atoms in total. The number of para-hydroxylation sites is 1. The van der Waals surface area contributed by atoms with Crippen LogP contribution in [0.3, 0.4) is 0 Å². The lowest BCUT2D eigenvalue weighted by Gasteiger charge is -2.17. The van der Waals surface area contributed by atoms with Crippen LogP contribution in [0.25, 0.3) is 11.3 Å². The number of nitrogens with zero attached hydrogens (tertiary/aromatic N) is 1. The van der Waals surface area contributed by atoms with Gasteiger partial charge in [0.1, 0.15) is 5.75 Å². The molecule has 0 unspecified atom stereocenters. The van der Waals surface area contributed by atoms with Crippen molar-refractivity contribution in [3.8, 4) is 17.0 Å². The van der Waals surface area contributed by atoms with Crippen LogP contribution in [-0.2, 0) is 9.59 Å². The van der Waals surface area contributed by atoms with E-state index in [2.05, 4.69) is 20.4 Å². The highest BCUT2D eigenvalue weighted by atomic mass is 32.1. The number of carbonyl (C=O) groups excluding carboxylic acids is 2. The zero-order chi connectivity index (χ0) is 20.7. The van der Waals surface area contributed by atoms with Gasteiger partial charge in [-0.1, -0.05) is 32.9 Å². The summed E-state index contributed by atoms with van der Waals surface area (Å²) in [6.45, 7) is 2.93.